The summed E-state index contributed by atoms with van der Waals surface area (Å²) in [7, 11) is 0. The Morgan fingerprint density at radius 2 is 1.83 bits per heavy atom. The number of nitrogens with one attached hydrogen (secondary N) is 1. The van der Waals surface area contributed by atoms with Gasteiger partial charge >= 0.3 is 0 Å². The van der Waals surface area contributed by atoms with Crippen molar-refractivity contribution in [3.63, 3.8) is 0 Å². The van der Waals surface area contributed by atoms with Gasteiger partial charge in [-0.2, -0.15) is 0 Å². The minimum Gasteiger partial charge on any atom is -0.493 e. The van der Waals surface area contributed by atoms with E-state index in [2.05, 4.69) is 20.2 Å². The number of aliphatic hydroxyl groups excluding tert-OH is 4. The molecule has 11 nitrogen and oxygen atoms in total. The van der Waals surface area contributed by atoms with E-state index in [4.69, 9.17) is 21.4 Å². The Labute approximate surface area is 250 Å². The number of piperidine rings is 1. The third kappa shape index (κ3) is 9.19. The van der Waals surface area contributed by atoms with Gasteiger partial charge in [-0.1, -0.05) is 17.7 Å². The van der Waals surface area contributed by atoms with Crippen molar-refractivity contribution in [2.24, 2.45) is 11.8 Å². The number of ether oxygens (including phenoxy) is 1. The monoisotopic (exact) mass is 609 g/mol. The summed E-state index contributed by atoms with van der Waals surface area (Å²) in [5.74, 6) is 1.31. The maximum absolute atomic E-state index is 14.7. The first-order valence-electron chi connectivity index (χ1n) is 14.5. The van der Waals surface area contributed by atoms with Crippen LogP contribution in [0.1, 0.15) is 31.2 Å². The third-order valence-electron chi connectivity index (χ3n) is 7.97. The van der Waals surface area contributed by atoms with Crippen molar-refractivity contribution in [3.05, 3.63) is 47.0 Å². The minimum absolute atomic E-state index is 0.0318. The summed E-state index contributed by atoms with van der Waals surface area (Å²) < 4.78 is 20.5. The van der Waals surface area contributed by atoms with Crippen LogP contribution in [0.15, 0.2) is 30.6 Å². The summed E-state index contributed by atoms with van der Waals surface area (Å²) in [5.41, 5.74) is 0.324. The molecule has 2 aliphatic heterocycles. The summed E-state index contributed by atoms with van der Waals surface area (Å²) in [6.45, 7) is 3.25. The molecule has 232 valence electrons. The van der Waals surface area contributed by atoms with E-state index >= 15 is 0 Å². The highest BCUT2D eigenvalue weighted by molar-refractivity contribution is 6.30. The number of likely N-dealkylation sites (tertiary alicyclic amines) is 1. The molecule has 1 aromatic heterocycles. The van der Waals surface area contributed by atoms with Crippen LogP contribution >= 0.6 is 11.6 Å². The highest BCUT2D eigenvalue weighted by Gasteiger charge is 2.31. The number of carbonyl (C=O) groups is 1. The van der Waals surface area contributed by atoms with Crippen molar-refractivity contribution in [2.45, 2.75) is 50.4 Å². The van der Waals surface area contributed by atoms with Gasteiger partial charge in [-0.05, 0) is 43.2 Å². The first kappa shape index (κ1) is 32.3. The molecular weight excluding hydrogens is 569 g/mol. The van der Waals surface area contributed by atoms with Gasteiger partial charge in [0.25, 0.3) is 0 Å². The fourth-order valence-electron chi connectivity index (χ4n) is 5.31. The Bertz CT molecular complexity index is 1130. The average Bonchev–Trinajstić information content (AvgIpc) is 2.97. The molecule has 3 unspecified atom stereocenters. The van der Waals surface area contributed by atoms with Crippen LogP contribution in [0.25, 0.3) is 0 Å². The van der Waals surface area contributed by atoms with Crippen LogP contribution in [0.4, 0.5) is 10.3 Å². The number of hydrogen-bond donors (Lipinski definition) is 5. The van der Waals surface area contributed by atoms with E-state index < -0.39 is 30.7 Å². The van der Waals surface area contributed by atoms with Crippen LogP contribution in [0.3, 0.4) is 0 Å². The molecule has 5 N–H and O–H groups in total. The van der Waals surface area contributed by atoms with Crippen LogP contribution in [0, 0.1) is 17.7 Å². The molecule has 0 aliphatic carbocycles. The fraction of sp³-hybridized carbons (Fsp3) is 0.621. The van der Waals surface area contributed by atoms with Gasteiger partial charge in [0, 0.05) is 51.3 Å². The second-order valence-corrected chi connectivity index (χ2v) is 11.6. The quantitative estimate of drug-likeness (QED) is 0.185. The van der Waals surface area contributed by atoms with E-state index in [1.165, 1.54) is 6.07 Å². The van der Waals surface area contributed by atoms with Crippen LogP contribution in [0.5, 0.6) is 5.75 Å². The Morgan fingerprint density at radius 1 is 1.12 bits per heavy atom. The van der Waals surface area contributed by atoms with E-state index in [-0.39, 0.29) is 24.8 Å². The van der Waals surface area contributed by atoms with E-state index in [0.29, 0.717) is 54.4 Å². The number of nitrogens with zero attached hydrogens (tertiary/aromatic N) is 4. The van der Waals surface area contributed by atoms with Crippen molar-refractivity contribution >= 4 is 23.5 Å². The molecule has 3 atom stereocenters. The predicted octanol–water partition coefficient (Wildman–Crippen LogP) is 1.01. The Hall–Kier alpha value is -2.61. The molecule has 1 aromatic carbocycles. The molecule has 2 fully saturated rings. The van der Waals surface area contributed by atoms with E-state index in [1.54, 1.807) is 29.4 Å². The molecule has 13 heteroatoms. The first-order chi connectivity index (χ1) is 20.2. The number of halogens is 2. The molecular formula is C29H41ClFN5O6. The van der Waals surface area contributed by atoms with Gasteiger partial charge in [0.05, 0.1) is 43.2 Å². The molecule has 0 spiro atoms. The second kappa shape index (κ2) is 15.7. The SMILES string of the molecule is O=C(Cc1ccc(OCCCC2CCN(c3ncc(Cl)cn3)CC2)cc1F)N1CC(CNCC(O)C(O)C(O)CO)C1. The fourth-order valence-corrected chi connectivity index (χ4v) is 5.41. The van der Waals surface area contributed by atoms with Crippen LogP contribution in [0.2, 0.25) is 5.02 Å². The smallest absolute Gasteiger partial charge is 0.227 e. The number of amides is 1. The molecule has 3 heterocycles. The Kier molecular flexibility index (Phi) is 12.1. The molecule has 0 saturated carbocycles. The number of benzene rings is 1. The van der Waals surface area contributed by atoms with E-state index in [9.17, 15) is 24.5 Å². The average molecular weight is 610 g/mol. The van der Waals surface area contributed by atoms with Gasteiger partial charge in [-0.15, -0.1) is 0 Å². The van der Waals surface area contributed by atoms with Crippen LogP contribution in [-0.2, 0) is 11.2 Å². The zero-order valence-electron chi connectivity index (χ0n) is 23.6. The lowest BCUT2D eigenvalue weighted by molar-refractivity contribution is -0.136. The topological polar surface area (TPSA) is 152 Å². The van der Waals surface area contributed by atoms with Crippen molar-refractivity contribution in [3.8, 4) is 5.75 Å². The number of aromatic nitrogens is 2. The summed E-state index contributed by atoms with van der Waals surface area (Å²) >= 11 is 5.87. The minimum atomic E-state index is -1.44. The normalized spacial score (nSPS) is 18.4. The van der Waals surface area contributed by atoms with Gasteiger partial charge in [0.1, 0.15) is 23.8 Å². The number of hydrogen-bond acceptors (Lipinski definition) is 10. The lowest BCUT2D eigenvalue weighted by atomic mass is 9.92. The molecule has 42 heavy (non-hydrogen) atoms. The number of anilines is 1. The summed E-state index contributed by atoms with van der Waals surface area (Å²) in [5, 5.41) is 41.2. The maximum Gasteiger partial charge on any atom is 0.227 e. The van der Waals surface area contributed by atoms with E-state index in [1.807, 2.05) is 0 Å². The van der Waals surface area contributed by atoms with Crippen LogP contribution < -0.4 is 15.0 Å². The second-order valence-electron chi connectivity index (χ2n) is 11.2. The van der Waals surface area contributed by atoms with Gasteiger partial charge in [0.15, 0.2) is 0 Å². The molecule has 0 radical (unpaired) electrons. The summed E-state index contributed by atoms with van der Waals surface area (Å²) in [4.78, 5) is 25.0. The molecule has 2 saturated heterocycles. The van der Waals surface area contributed by atoms with Crippen molar-refractivity contribution < 1.29 is 34.3 Å². The van der Waals surface area contributed by atoms with Gasteiger partial charge in [0.2, 0.25) is 11.9 Å². The van der Waals surface area contributed by atoms with E-state index in [0.717, 1.165) is 38.8 Å². The summed E-state index contributed by atoms with van der Waals surface area (Å²) in [6, 6.07) is 4.64. The predicted molar refractivity (Wildman–Crippen MR) is 155 cm³/mol. The zero-order valence-corrected chi connectivity index (χ0v) is 24.4. The number of rotatable bonds is 15. The van der Waals surface area contributed by atoms with Gasteiger partial charge in [-0.25, -0.2) is 14.4 Å². The molecule has 0 bridgehead atoms. The summed E-state index contributed by atoms with van der Waals surface area (Å²) in [6.07, 6.45) is 3.15. The standard InChI is InChI=1S/C29H41ClFN5O6/c30-22-13-33-29(34-14-22)35-7-5-19(6-8-35)2-1-9-42-23-4-3-21(24(31)11-23)10-27(40)36-16-20(17-36)12-32-15-25(38)28(41)26(39)18-37/h3-4,11,13-14,19-20,25-26,28,32,37-39,41H,1-2,5-10,12,15-18H2. The van der Waals surface area contributed by atoms with Gasteiger partial charge in [-0.3, -0.25) is 4.79 Å². The van der Waals surface area contributed by atoms with Gasteiger partial charge < -0.3 is 40.3 Å². The molecule has 2 aromatic rings. The first-order valence-corrected chi connectivity index (χ1v) is 14.9. The molecule has 2 aliphatic rings. The third-order valence-corrected chi connectivity index (χ3v) is 8.16. The highest BCUT2D eigenvalue weighted by atomic mass is 35.5. The largest absolute Gasteiger partial charge is 0.493 e. The lowest BCUT2D eigenvalue weighted by Gasteiger charge is -2.39. The number of aliphatic hydroxyl groups is 4. The Morgan fingerprint density at radius 3 is 2.50 bits per heavy atom. The number of carbonyl (C=O) groups excluding carboxylic acids is 1. The van der Waals surface area contributed by atoms with Crippen molar-refractivity contribution in [1.82, 2.24) is 20.2 Å². The highest BCUT2D eigenvalue weighted by Crippen LogP contribution is 2.25. The van der Waals surface area contributed by atoms with Crippen molar-refractivity contribution in [2.75, 3.05) is 57.4 Å². The molecule has 1 amide bonds. The molecule has 4 rings (SSSR count). The zero-order chi connectivity index (χ0) is 30.1. The van der Waals surface area contributed by atoms with Crippen molar-refractivity contribution in [1.29, 1.82) is 0 Å². The Balaban J connectivity index is 1.08. The lowest BCUT2D eigenvalue weighted by Crippen LogP contribution is -2.54. The van der Waals surface area contributed by atoms with Crippen LogP contribution in [-0.4, -0.2) is 112 Å². The maximum atomic E-state index is 14.7.